The van der Waals surface area contributed by atoms with Crippen LogP contribution >= 0.6 is 28.1 Å². The summed E-state index contributed by atoms with van der Waals surface area (Å²) in [5.41, 5.74) is 8.13. The van der Waals surface area contributed by atoms with Gasteiger partial charge in [0.2, 0.25) is 5.91 Å². The van der Waals surface area contributed by atoms with Crippen LogP contribution in [0.5, 0.6) is 0 Å². The molecule has 0 saturated carbocycles. The van der Waals surface area contributed by atoms with Crippen LogP contribution in [0.2, 0.25) is 0 Å². The standard InChI is InChI=1S/C21H18BrN3OS/c22-17-11-13-18(14-12-17)23-21(27)25-24-20(26)19(15-7-3-1-4-8-15)16-9-5-2-6-10-16/h1-14,19H,(H,24,26)(H2,23,25,27). The molecule has 3 N–H and O–H groups in total. The number of nitrogens with one attached hydrogen (secondary N) is 3. The third kappa shape index (κ3) is 5.39. The van der Waals surface area contributed by atoms with Gasteiger partial charge in [0.15, 0.2) is 5.11 Å². The second-order valence-corrected chi connectivity index (χ2v) is 7.15. The molecule has 3 aromatic rings. The maximum absolute atomic E-state index is 12.9. The molecule has 0 spiro atoms. The van der Waals surface area contributed by atoms with Crippen molar-refractivity contribution >= 4 is 44.9 Å². The number of hydrogen-bond acceptors (Lipinski definition) is 2. The number of rotatable bonds is 4. The summed E-state index contributed by atoms with van der Waals surface area (Å²) in [6.45, 7) is 0. The second-order valence-electron chi connectivity index (χ2n) is 5.83. The summed E-state index contributed by atoms with van der Waals surface area (Å²) in [5.74, 6) is -0.622. The fourth-order valence-corrected chi connectivity index (χ4v) is 3.11. The minimum absolute atomic E-state index is 0.188. The Balaban J connectivity index is 1.68. The smallest absolute Gasteiger partial charge is 0.250 e. The zero-order valence-electron chi connectivity index (χ0n) is 14.4. The van der Waals surface area contributed by atoms with E-state index in [-0.39, 0.29) is 5.91 Å². The predicted molar refractivity (Wildman–Crippen MR) is 116 cm³/mol. The van der Waals surface area contributed by atoms with Crippen LogP contribution in [-0.4, -0.2) is 11.0 Å². The molecule has 1 amide bonds. The van der Waals surface area contributed by atoms with Gasteiger partial charge in [-0.25, -0.2) is 0 Å². The van der Waals surface area contributed by atoms with Crippen molar-refractivity contribution < 1.29 is 4.79 Å². The highest BCUT2D eigenvalue weighted by Gasteiger charge is 2.22. The van der Waals surface area contributed by atoms with E-state index in [0.717, 1.165) is 21.3 Å². The summed E-state index contributed by atoms with van der Waals surface area (Å²) < 4.78 is 0.980. The average molecular weight is 440 g/mol. The molecule has 0 aliphatic rings. The lowest BCUT2D eigenvalue weighted by Crippen LogP contribution is -2.45. The van der Waals surface area contributed by atoms with Crippen molar-refractivity contribution in [2.75, 3.05) is 5.32 Å². The van der Waals surface area contributed by atoms with E-state index in [2.05, 4.69) is 32.1 Å². The van der Waals surface area contributed by atoms with Crippen molar-refractivity contribution in [1.29, 1.82) is 0 Å². The molecule has 0 saturated heterocycles. The quantitative estimate of drug-likeness (QED) is 0.410. The van der Waals surface area contributed by atoms with E-state index >= 15 is 0 Å². The van der Waals surface area contributed by atoms with Gasteiger partial charge in [0.05, 0.1) is 5.92 Å². The number of hydrazine groups is 1. The summed E-state index contributed by atoms with van der Waals surface area (Å²) in [7, 11) is 0. The Hall–Kier alpha value is -2.70. The van der Waals surface area contributed by atoms with E-state index in [1.54, 1.807) is 0 Å². The Kier molecular flexibility index (Phi) is 6.57. The number of halogens is 1. The normalized spacial score (nSPS) is 10.3. The number of carbonyl (C=O) groups excluding carboxylic acids is 1. The minimum Gasteiger partial charge on any atom is -0.331 e. The first-order chi connectivity index (χ1) is 13.1. The van der Waals surface area contributed by atoms with Crippen LogP contribution in [0.25, 0.3) is 0 Å². The highest BCUT2D eigenvalue weighted by atomic mass is 79.9. The maximum atomic E-state index is 12.9. The van der Waals surface area contributed by atoms with Crippen LogP contribution in [0, 0.1) is 0 Å². The lowest BCUT2D eigenvalue weighted by atomic mass is 9.91. The van der Waals surface area contributed by atoms with Gasteiger partial charge < -0.3 is 5.32 Å². The molecule has 3 aromatic carbocycles. The first-order valence-corrected chi connectivity index (χ1v) is 9.56. The lowest BCUT2D eigenvalue weighted by molar-refractivity contribution is -0.122. The number of anilines is 1. The topological polar surface area (TPSA) is 53.2 Å². The van der Waals surface area contributed by atoms with Gasteiger partial charge in [-0.15, -0.1) is 0 Å². The molecular formula is C21H18BrN3OS. The molecule has 0 aliphatic heterocycles. The lowest BCUT2D eigenvalue weighted by Gasteiger charge is -2.19. The van der Waals surface area contributed by atoms with Crippen LogP contribution in [-0.2, 0) is 4.79 Å². The largest absolute Gasteiger partial charge is 0.331 e. The predicted octanol–water partition coefficient (Wildman–Crippen LogP) is 4.60. The highest BCUT2D eigenvalue weighted by Crippen LogP contribution is 2.24. The zero-order chi connectivity index (χ0) is 19.1. The molecule has 0 aliphatic carbocycles. The molecule has 6 heteroatoms. The maximum Gasteiger partial charge on any atom is 0.250 e. The van der Waals surface area contributed by atoms with Gasteiger partial charge in [-0.2, -0.15) is 0 Å². The van der Waals surface area contributed by atoms with Gasteiger partial charge in [-0.3, -0.25) is 15.6 Å². The fraction of sp³-hybridized carbons (Fsp3) is 0.0476. The van der Waals surface area contributed by atoms with Crippen molar-refractivity contribution in [2.24, 2.45) is 0 Å². The van der Waals surface area contributed by atoms with Crippen LogP contribution in [0.3, 0.4) is 0 Å². The summed E-state index contributed by atoms with van der Waals surface area (Å²) in [4.78, 5) is 12.9. The molecule has 3 rings (SSSR count). The third-order valence-corrected chi connectivity index (χ3v) is 4.66. The van der Waals surface area contributed by atoms with Gasteiger partial charge in [-0.05, 0) is 47.6 Å². The summed E-state index contributed by atoms with van der Waals surface area (Å²) in [6.07, 6.45) is 0. The van der Waals surface area contributed by atoms with Gasteiger partial charge in [-0.1, -0.05) is 76.6 Å². The first kappa shape index (κ1) is 19.1. The first-order valence-electron chi connectivity index (χ1n) is 8.36. The van der Waals surface area contributed by atoms with Gasteiger partial charge >= 0.3 is 0 Å². The van der Waals surface area contributed by atoms with Crippen molar-refractivity contribution in [3.8, 4) is 0 Å². The minimum atomic E-state index is -0.435. The number of amides is 1. The molecule has 27 heavy (non-hydrogen) atoms. The van der Waals surface area contributed by atoms with E-state index in [1.165, 1.54) is 0 Å². The van der Waals surface area contributed by atoms with Crippen molar-refractivity contribution in [3.05, 3.63) is 101 Å². The van der Waals surface area contributed by atoms with E-state index in [4.69, 9.17) is 12.2 Å². The van der Waals surface area contributed by atoms with Crippen molar-refractivity contribution in [2.45, 2.75) is 5.92 Å². The number of carbonyl (C=O) groups is 1. The molecule has 136 valence electrons. The van der Waals surface area contributed by atoms with Crippen LogP contribution in [0.1, 0.15) is 17.0 Å². The third-order valence-electron chi connectivity index (χ3n) is 3.93. The van der Waals surface area contributed by atoms with Crippen LogP contribution in [0.15, 0.2) is 89.4 Å². The molecule has 4 nitrogen and oxygen atoms in total. The van der Waals surface area contributed by atoms with Gasteiger partial charge in [0, 0.05) is 10.2 Å². The molecule has 0 atom stereocenters. The number of thiocarbonyl (C=S) groups is 1. The second kappa shape index (κ2) is 9.30. The Bertz CT molecular complexity index is 862. The Morgan fingerprint density at radius 2 is 1.30 bits per heavy atom. The fourth-order valence-electron chi connectivity index (χ4n) is 2.67. The highest BCUT2D eigenvalue weighted by molar-refractivity contribution is 9.10. The van der Waals surface area contributed by atoms with Crippen LogP contribution in [0.4, 0.5) is 5.69 Å². The van der Waals surface area contributed by atoms with Crippen LogP contribution < -0.4 is 16.2 Å². The number of benzene rings is 3. The average Bonchev–Trinajstić information content (AvgIpc) is 2.70. The Morgan fingerprint density at radius 1 is 0.778 bits per heavy atom. The Morgan fingerprint density at radius 3 is 1.81 bits per heavy atom. The zero-order valence-corrected chi connectivity index (χ0v) is 16.8. The molecule has 0 bridgehead atoms. The number of hydrogen-bond donors (Lipinski definition) is 3. The van der Waals surface area contributed by atoms with E-state index in [1.807, 2.05) is 84.9 Å². The monoisotopic (exact) mass is 439 g/mol. The SMILES string of the molecule is O=C(NNC(=S)Nc1ccc(Br)cc1)C(c1ccccc1)c1ccccc1. The molecule has 0 unspecified atom stereocenters. The summed E-state index contributed by atoms with van der Waals surface area (Å²) in [5, 5.41) is 3.34. The Labute approximate surface area is 172 Å². The molecule has 0 fully saturated rings. The molecular weight excluding hydrogens is 422 g/mol. The molecule has 0 radical (unpaired) electrons. The van der Waals surface area contributed by atoms with Gasteiger partial charge in [0.25, 0.3) is 0 Å². The summed E-state index contributed by atoms with van der Waals surface area (Å²) in [6, 6.07) is 26.9. The van der Waals surface area contributed by atoms with Crippen molar-refractivity contribution in [1.82, 2.24) is 10.9 Å². The molecule has 0 aromatic heterocycles. The summed E-state index contributed by atoms with van der Waals surface area (Å²) >= 11 is 8.65. The van der Waals surface area contributed by atoms with E-state index in [9.17, 15) is 4.79 Å². The van der Waals surface area contributed by atoms with Crippen molar-refractivity contribution in [3.63, 3.8) is 0 Å². The van der Waals surface area contributed by atoms with E-state index in [0.29, 0.717) is 5.11 Å². The molecule has 0 heterocycles. The van der Waals surface area contributed by atoms with Gasteiger partial charge in [0.1, 0.15) is 0 Å². The van der Waals surface area contributed by atoms with E-state index < -0.39 is 5.92 Å².